The summed E-state index contributed by atoms with van der Waals surface area (Å²) >= 11 is 0. The zero-order chi connectivity index (χ0) is 21.7. The van der Waals surface area contributed by atoms with Gasteiger partial charge in [-0.05, 0) is 18.2 Å². The molecule has 4 atom stereocenters. The molecule has 0 aliphatic carbocycles. The van der Waals surface area contributed by atoms with Crippen molar-refractivity contribution in [2.24, 2.45) is 0 Å². The maximum atomic E-state index is 12.7. The molecule has 0 unspecified atom stereocenters. The van der Waals surface area contributed by atoms with Gasteiger partial charge in [0.1, 0.15) is 52.6 Å². The number of fused-ring (bicyclic) bond motifs is 1. The van der Waals surface area contributed by atoms with E-state index in [9.17, 15) is 40.5 Å². The first-order valence-corrected chi connectivity index (χ1v) is 8.90. The number of hydrogen-bond donors (Lipinski definition) is 7. The van der Waals surface area contributed by atoms with Crippen LogP contribution in [0.25, 0.3) is 22.3 Å². The first-order valence-electron chi connectivity index (χ1n) is 8.90. The fraction of sp³-hybridized carbons (Fsp3) is 0.250. The van der Waals surface area contributed by atoms with E-state index in [4.69, 9.17) is 9.15 Å². The monoisotopic (exact) mass is 418 g/mol. The van der Waals surface area contributed by atoms with Crippen molar-refractivity contribution in [3.05, 3.63) is 46.1 Å². The number of benzene rings is 2. The third-order valence-corrected chi connectivity index (χ3v) is 5.06. The quantitative estimate of drug-likeness (QED) is 0.288. The number of aliphatic hydroxyl groups is 3. The molecule has 0 saturated carbocycles. The van der Waals surface area contributed by atoms with Crippen LogP contribution < -0.4 is 5.43 Å². The molecule has 30 heavy (non-hydrogen) atoms. The number of ether oxygens (including phenoxy) is 1. The molecule has 2 aromatic carbocycles. The molecule has 3 aromatic rings. The Bertz CT molecular complexity index is 1180. The van der Waals surface area contributed by atoms with Crippen molar-refractivity contribution in [3.8, 4) is 34.3 Å². The summed E-state index contributed by atoms with van der Waals surface area (Å²) in [6.07, 6.45) is -6.01. The predicted molar refractivity (Wildman–Crippen MR) is 101 cm³/mol. The largest absolute Gasteiger partial charge is 0.507 e. The molecule has 0 bridgehead atoms. The van der Waals surface area contributed by atoms with Crippen molar-refractivity contribution in [2.75, 3.05) is 6.61 Å². The smallest absolute Gasteiger partial charge is 0.197 e. The Morgan fingerprint density at radius 1 is 0.867 bits per heavy atom. The normalized spacial score (nSPS) is 24.2. The fourth-order valence-corrected chi connectivity index (χ4v) is 3.46. The minimum atomic E-state index is -1.67. The Hall–Kier alpha value is -3.31. The van der Waals surface area contributed by atoms with Crippen LogP contribution in [0.5, 0.6) is 23.0 Å². The van der Waals surface area contributed by atoms with Gasteiger partial charge in [0.25, 0.3) is 0 Å². The number of phenols is 4. The van der Waals surface area contributed by atoms with Gasteiger partial charge < -0.3 is 44.9 Å². The first-order chi connectivity index (χ1) is 14.2. The van der Waals surface area contributed by atoms with Crippen LogP contribution in [0.1, 0.15) is 11.7 Å². The van der Waals surface area contributed by atoms with E-state index >= 15 is 0 Å². The van der Waals surface area contributed by atoms with E-state index in [-0.39, 0.29) is 40.2 Å². The lowest BCUT2D eigenvalue weighted by atomic mass is 9.92. The molecule has 1 fully saturated rings. The van der Waals surface area contributed by atoms with Crippen molar-refractivity contribution in [1.82, 2.24) is 0 Å². The Morgan fingerprint density at radius 2 is 1.60 bits per heavy atom. The molecular formula is C20H18O10. The Morgan fingerprint density at radius 3 is 2.30 bits per heavy atom. The van der Waals surface area contributed by atoms with Gasteiger partial charge in [0, 0.05) is 17.7 Å². The van der Waals surface area contributed by atoms with Crippen LogP contribution >= 0.6 is 0 Å². The summed E-state index contributed by atoms with van der Waals surface area (Å²) in [5, 5.41) is 69.5. The average Bonchev–Trinajstić information content (AvgIpc) is 2.69. The van der Waals surface area contributed by atoms with Gasteiger partial charge in [-0.25, -0.2) is 0 Å². The van der Waals surface area contributed by atoms with Gasteiger partial charge in [-0.3, -0.25) is 4.79 Å². The Labute approximate surface area is 168 Å². The second kappa shape index (κ2) is 7.18. The summed E-state index contributed by atoms with van der Waals surface area (Å²) in [5.74, 6) is -2.06. The molecule has 158 valence electrons. The van der Waals surface area contributed by atoms with E-state index < -0.39 is 47.1 Å². The average molecular weight is 418 g/mol. The summed E-state index contributed by atoms with van der Waals surface area (Å²) < 4.78 is 10.8. The molecule has 1 aliphatic rings. The fourth-order valence-electron chi connectivity index (χ4n) is 3.46. The lowest BCUT2D eigenvalue weighted by Crippen LogP contribution is -2.49. The van der Waals surface area contributed by atoms with Gasteiger partial charge in [0.15, 0.2) is 16.9 Å². The third-order valence-electron chi connectivity index (χ3n) is 5.06. The summed E-state index contributed by atoms with van der Waals surface area (Å²) in [7, 11) is 0. The van der Waals surface area contributed by atoms with Crippen molar-refractivity contribution in [1.29, 1.82) is 0 Å². The summed E-state index contributed by atoms with van der Waals surface area (Å²) in [6, 6.07) is 5.86. The molecule has 1 saturated heterocycles. The molecule has 1 aromatic heterocycles. The SMILES string of the molecule is O=c1cc(-c2ccc(O)c(O)c2)oc2cc(O)c([C@@H]3OC[C@@H](O)[C@@H](O)[C@@H]3O)c(O)c12. The van der Waals surface area contributed by atoms with Crippen molar-refractivity contribution >= 4 is 11.0 Å². The standard InChI is InChI=1S/C20H18O10/c21-8-2-1-7(3-9(8)22)13-4-10(23)15-14(30-13)5-11(24)16(18(15)27)20-19(28)17(26)12(25)6-29-20/h1-5,12,17,19-22,24-28H,6H2/t12-,17-,19+,20+/m1/s1. The van der Waals surface area contributed by atoms with E-state index in [0.717, 1.165) is 12.1 Å². The summed E-state index contributed by atoms with van der Waals surface area (Å²) in [6.45, 7) is -0.363. The summed E-state index contributed by atoms with van der Waals surface area (Å²) in [4.78, 5) is 12.7. The molecule has 2 heterocycles. The minimum Gasteiger partial charge on any atom is -0.507 e. The second-order valence-electron chi connectivity index (χ2n) is 7.01. The molecular weight excluding hydrogens is 400 g/mol. The highest BCUT2D eigenvalue weighted by Crippen LogP contribution is 2.43. The lowest BCUT2D eigenvalue weighted by Gasteiger charge is -2.35. The molecule has 0 spiro atoms. The van der Waals surface area contributed by atoms with E-state index in [1.165, 1.54) is 18.2 Å². The van der Waals surface area contributed by atoms with Crippen molar-refractivity contribution in [2.45, 2.75) is 24.4 Å². The molecule has 4 rings (SSSR count). The Kier molecular flexibility index (Phi) is 4.79. The highest BCUT2D eigenvalue weighted by atomic mass is 16.5. The van der Waals surface area contributed by atoms with Gasteiger partial charge in [0.2, 0.25) is 0 Å². The van der Waals surface area contributed by atoms with Crippen molar-refractivity contribution < 1.29 is 44.9 Å². The van der Waals surface area contributed by atoms with Crippen LogP contribution in [-0.2, 0) is 4.74 Å². The van der Waals surface area contributed by atoms with Gasteiger partial charge in [-0.1, -0.05) is 0 Å². The van der Waals surface area contributed by atoms with Crippen molar-refractivity contribution in [3.63, 3.8) is 0 Å². The molecule has 10 heteroatoms. The first kappa shape index (κ1) is 20.0. The van der Waals surface area contributed by atoms with Crippen LogP contribution in [0.2, 0.25) is 0 Å². The van der Waals surface area contributed by atoms with Gasteiger partial charge >= 0.3 is 0 Å². The zero-order valence-corrected chi connectivity index (χ0v) is 15.3. The predicted octanol–water partition coefficient (Wildman–Crippen LogP) is 0.436. The van der Waals surface area contributed by atoms with Gasteiger partial charge in [-0.2, -0.15) is 0 Å². The molecule has 0 amide bonds. The highest BCUT2D eigenvalue weighted by Gasteiger charge is 2.41. The molecule has 1 aliphatic heterocycles. The van der Waals surface area contributed by atoms with E-state index in [1.54, 1.807) is 0 Å². The van der Waals surface area contributed by atoms with E-state index in [2.05, 4.69) is 0 Å². The van der Waals surface area contributed by atoms with Crippen LogP contribution in [0.3, 0.4) is 0 Å². The molecule has 0 radical (unpaired) electrons. The van der Waals surface area contributed by atoms with E-state index in [1.807, 2.05) is 0 Å². The van der Waals surface area contributed by atoms with Crippen LogP contribution in [0.15, 0.2) is 39.5 Å². The zero-order valence-electron chi connectivity index (χ0n) is 15.3. The van der Waals surface area contributed by atoms with Crippen LogP contribution in [-0.4, -0.2) is 60.7 Å². The van der Waals surface area contributed by atoms with Gasteiger partial charge in [0.05, 0.1) is 12.2 Å². The lowest BCUT2D eigenvalue weighted by molar-refractivity contribution is -0.189. The third kappa shape index (κ3) is 3.12. The summed E-state index contributed by atoms with van der Waals surface area (Å²) in [5.41, 5.74) is -0.947. The number of aromatic hydroxyl groups is 4. The maximum Gasteiger partial charge on any atom is 0.197 e. The molecule has 10 nitrogen and oxygen atoms in total. The van der Waals surface area contributed by atoms with E-state index in [0.29, 0.717) is 0 Å². The number of phenolic OH excluding ortho intramolecular Hbond substituents is 4. The number of aliphatic hydroxyl groups excluding tert-OH is 3. The van der Waals surface area contributed by atoms with Crippen LogP contribution in [0.4, 0.5) is 0 Å². The second-order valence-corrected chi connectivity index (χ2v) is 7.01. The molecule has 7 N–H and O–H groups in total. The topological polar surface area (TPSA) is 181 Å². The maximum absolute atomic E-state index is 12.7. The highest BCUT2D eigenvalue weighted by molar-refractivity contribution is 5.88. The number of rotatable bonds is 2. The minimum absolute atomic E-state index is 0.00171. The van der Waals surface area contributed by atoms with Gasteiger partial charge in [-0.15, -0.1) is 0 Å². The number of hydrogen-bond acceptors (Lipinski definition) is 10. The van der Waals surface area contributed by atoms with Crippen LogP contribution in [0, 0.1) is 0 Å². The Balaban J connectivity index is 1.86.